The highest BCUT2D eigenvalue weighted by Crippen LogP contribution is 2.24. The van der Waals surface area contributed by atoms with Crippen molar-refractivity contribution in [1.82, 2.24) is 25.3 Å². The van der Waals surface area contributed by atoms with E-state index in [0.717, 1.165) is 17.7 Å². The van der Waals surface area contributed by atoms with Crippen LogP contribution in [0, 0.1) is 0 Å². The first-order valence-electron chi connectivity index (χ1n) is 8.66. The molecule has 138 valence electrons. The Kier molecular flexibility index (Phi) is 4.69. The van der Waals surface area contributed by atoms with E-state index in [9.17, 15) is 4.79 Å². The van der Waals surface area contributed by atoms with Crippen molar-refractivity contribution >= 4 is 5.91 Å². The summed E-state index contributed by atoms with van der Waals surface area (Å²) in [7, 11) is 1.62. The van der Waals surface area contributed by atoms with Crippen molar-refractivity contribution in [2.45, 2.75) is 12.5 Å². The van der Waals surface area contributed by atoms with Crippen LogP contribution in [0.2, 0.25) is 0 Å². The summed E-state index contributed by atoms with van der Waals surface area (Å²) in [5.74, 6) is 1.12. The molecule has 1 unspecified atom stereocenters. The molecule has 8 heteroatoms. The second-order valence-electron chi connectivity index (χ2n) is 6.24. The van der Waals surface area contributed by atoms with E-state index in [1.54, 1.807) is 36.4 Å². The molecule has 1 aliphatic rings. The minimum absolute atomic E-state index is 0.0913. The molecular weight excluding hydrogens is 346 g/mol. The predicted octanol–water partition coefficient (Wildman–Crippen LogP) is 2.17. The number of aromatic amines is 1. The second kappa shape index (κ2) is 7.45. The first kappa shape index (κ1) is 17.0. The predicted molar refractivity (Wildman–Crippen MR) is 97.5 cm³/mol. The van der Waals surface area contributed by atoms with Crippen LogP contribution >= 0.6 is 0 Å². The smallest absolute Gasteiger partial charge is 0.272 e. The van der Waals surface area contributed by atoms with Crippen LogP contribution < -0.4 is 9.47 Å². The lowest BCUT2D eigenvalue weighted by molar-refractivity contribution is 0.0765. The fourth-order valence-electron chi connectivity index (χ4n) is 3.06. The molecule has 1 N–H and O–H groups in total. The Balaban J connectivity index is 1.42. The van der Waals surface area contributed by atoms with Gasteiger partial charge in [-0.25, -0.2) is 0 Å². The summed E-state index contributed by atoms with van der Waals surface area (Å²) in [6.45, 7) is 1.13. The number of amides is 1. The Labute approximate surface area is 156 Å². The lowest BCUT2D eigenvalue weighted by Crippen LogP contribution is -2.31. The van der Waals surface area contributed by atoms with Gasteiger partial charge in [0.1, 0.15) is 17.5 Å². The fourth-order valence-corrected chi connectivity index (χ4v) is 3.06. The normalized spacial score (nSPS) is 16.3. The zero-order valence-electron chi connectivity index (χ0n) is 14.8. The summed E-state index contributed by atoms with van der Waals surface area (Å²) in [5.41, 5.74) is 2.03. The number of carbonyl (C=O) groups is 1. The molecule has 1 aromatic carbocycles. The average molecular weight is 365 g/mol. The number of rotatable bonds is 5. The highest BCUT2D eigenvalue weighted by atomic mass is 16.5. The standard InChI is InChI=1S/C19H19N5O3/c1-26-14-5-2-4-13(10-14)16-11-17(22-21-16)19(25)24-9-7-15(12-24)27-18-6-3-8-20-23-18/h2-6,8,10-11,15H,7,9,12H2,1H3,(H,21,22). The van der Waals surface area contributed by atoms with Gasteiger partial charge in [0.05, 0.1) is 19.3 Å². The molecule has 8 nitrogen and oxygen atoms in total. The Morgan fingerprint density at radius 3 is 3.00 bits per heavy atom. The molecule has 27 heavy (non-hydrogen) atoms. The zero-order chi connectivity index (χ0) is 18.6. The summed E-state index contributed by atoms with van der Waals surface area (Å²) >= 11 is 0. The van der Waals surface area contributed by atoms with Crippen molar-refractivity contribution in [3.63, 3.8) is 0 Å². The molecule has 1 amide bonds. The van der Waals surface area contributed by atoms with Gasteiger partial charge in [0.15, 0.2) is 0 Å². The summed E-state index contributed by atoms with van der Waals surface area (Å²) in [6, 6.07) is 12.8. The van der Waals surface area contributed by atoms with Crippen molar-refractivity contribution in [3.05, 3.63) is 54.4 Å². The van der Waals surface area contributed by atoms with Crippen LogP contribution in [-0.4, -0.2) is 57.5 Å². The fraction of sp³-hybridized carbons (Fsp3) is 0.263. The van der Waals surface area contributed by atoms with Crippen LogP contribution in [0.3, 0.4) is 0 Å². The maximum Gasteiger partial charge on any atom is 0.272 e. The van der Waals surface area contributed by atoms with Crippen molar-refractivity contribution in [3.8, 4) is 22.9 Å². The van der Waals surface area contributed by atoms with Gasteiger partial charge < -0.3 is 14.4 Å². The molecule has 3 heterocycles. The number of nitrogens with one attached hydrogen (secondary N) is 1. The van der Waals surface area contributed by atoms with Crippen LogP contribution in [0.5, 0.6) is 11.6 Å². The van der Waals surface area contributed by atoms with Gasteiger partial charge in [-0.05, 0) is 24.3 Å². The number of hydrogen-bond donors (Lipinski definition) is 1. The first-order chi connectivity index (χ1) is 13.2. The van der Waals surface area contributed by atoms with Crippen LogP contribution in [0.1, 0.15) is 16.9 Å². The minimum Gasteiger partial charge on any atom is -0.497 e. The number of nitrogens with zero attached hydrogens (tertiary/aromatic N) is 4. The molecule has 0 radical (unpaired) electrons. The lowest BCUT2D eigenvalue weighted by Gasteiger charge is -2.15. The second-order valence-corrected chi connectivity index (χ2v) is 6.24. The summed E-state index contributed by atoms with van der Waals surface area (Å²) in [6.07, 6.45) is 2.25. The SMILES string of the molecule is COc1cccc(-c2cc(C(=O)N3CCC(Oc4cccnn4)C3)[nH]n2)c1. The van der Waals surface area contributed by atoms with Crippen molar-refractivity contribution in [2.75, 3.05) is 20.2 Å². The summed E-state index contributed by atoms with van der Waals surface area (Å²) in [4.78, 5) is 14.5. The van der Waals surface area contributed by atoms with Crippen molar-refractivity contribution in [1.29, 1.82) is 0 Å². The third-order valence-corrected chi connectivity index (χ3v) is 4.44. The molecule has 1 atom stereocenters. The number of benzene rings is 1. The van der Waals surface area contributed by atoms with Crippen LogP contribution in [0.15, 0.2) is 48.7 Å². The molecule has 0 saturated carbocycles. The Hall–Kier alpha value is -3.42. The molecule has 1 saturated heterocycles. The summed E-state index contributed by atoms with van der Waals surface area (Å²) in [5, 5.41) is 14.8. The van der Waals surface area contributed by atoms with E-state index in [0.29, 0.717) is 30.4 Å². The van der Waals surface area contributed by atoms with E-state index >= 15 is 0 Å². The highest BCUT2D eigenvalue weighted by Gasteiger charge is 2.29. The number of H-pyrrole nitrogens is 1. The maximum atomic E-state index is 12.8. The number of hydrogen-bond acceptors (Lipinski definition) is 6. The zero-order valence-corrected chi connectivity index (χ0v) is 14.8. The third kappa shape index (κ3) is 3.74. The molecule has 1 aliphatic heterocycles. The van der Waals surface area contributed by atoms with Gasteiger partial charge in [-0.15, -0.1) is 5.10 Å². The molecular formula is C19H19N5O3. The number of likely N-dealkylation sites (tertiary alicyclic amines) is 1. The molecule has 1 fully saturated rings. The average Bonchev–Trinajstić information content (AvgIpc) is 3.38. The molecule has 2 aromatic heterocycles. The van der Waals surface area contributed by atoms with Crippen LogP contribution in [-0.2, 0) is 0 Å². The van der Waals surface area contributed by atoms with E-state index in [1.807, 2.05) is 24.3 Å². The summed E-state index contributed by atoms with van der Waals surface area (Å²) < 4.78 is 11.0. The van der Waals surface area contributed by atoms with Crippen molar-refractivity contribution in [2.24, 2.45) is 0 Å². The van der Waals surface area contributed by atoms with Crippen LogP contribution in [0.25, 0.3) is 11.3 Å². The van der Waals surface area contributed by atoms with Gasteiger partial charge in [-0.2, -0.15) is 10.2 Å². The van der Waals surface area contributed by atoms with E-state index in [2.05, 4.69) is 20.4 Å². The molecule has 3 aromatic rings. The Morgan fingerprint density at radius 1 is 1.26 bits per heavy atom. The lowest BCUT2D eigenvalue weighted by atomic mass is 10.1. The van der Waals surface area contributed by atoms with E-state index in [-0.39, 0.29) is 12.0 Å². The largest absolute Gasteiger partial charge is 0.497 e. The van der Waals surface area contributed by atoms with Gasteiger partial charge in [-0.1, -0.05) is 12.1 Å². The number of carbonyl (C=O) groups excluding carboxylic acids is 1. The molecule has 0 aliphatic carbocycles. The van der Waals surface area contributed by atoms with Crippen molar-refractivity contribution < 1.29 is 14.3 Å². The molecule has 0 bridgehead atoms. The molecule has 0 spiro atoms. The topological polar surface area (TPSA) is 93.2 Å². The quantitative estimate of drug-likeness (QED) is 0.745. The third-order valence-electron chi connectivity index (χ3n) is 4.44. The minimum atomic E-state index is -0.0955. The van der Waals surface area contributed by atoms with Gasteiger partial charge in [0.25, 0.3) is 5.91 Å². The number of methoxy groups -OCH3 is 1. The van der Waals surface area contributed by atoms with Gasteiger partial charge in [-0.3, -0.25) is 9.89 Å². The first-order valence-corrected chi connectivity index (χ1v) is 8.66. The Morgan fingerprint density at radius 2 is 2.19 bits per heavy atom. The maximum absolute atomic E-state index is 12.8. The van der Waals surface area contributed by atoms with Crippen LogP contribution in [0.4, 0.5) is 0 Å². The number of aromatic nitrogens is 4. The van der Waals surface area contributed by atoms with E-state index < -0.39 is 0 Å². The molecule has 4 rings (SSSR count). The van der Waals surface area contributed by atoms with E-state index in [1.165, 1.54) is 0 Å². The highest BCUT2D eigenvalue weighted by molar-refractivity contribution is 5.93. The monoisotopic (exact) mass is 365 g/mol. The van der Waals surface area contributed by atoms with Gasteiger partial charge in [0.2, 0.25) is 5.88 Å². The van der Waals surface area contributed by atoms with Gasteiger partial charge in [0, 0.05) is 30.8 Å². The van der Waals surface area contributed by atoms with Gasteiger partial charge >= 0.3 is 0 Å². The Bertz CT molecular complexity index is 928. The number of ether oxygens (including phenoxy) is 2. The van der Waals surface area contributed by atoms with E-state index in [4.69, 9.17) is 9.47 Å².